The summed E-state index contributed by atoms with van der Waals surface area (Å²) in [7, 11) is 0. The fourth-order valence-electron chi connectivity index (χ4n) is 4.46. The molecule has 7 nitrogen and oxygen atoms in total. The third-order valence-corrected chi connectivity index (χ3v) is 6.54. The molecule has 1 fully saturated rings. The lowest BCUT2D eigenvalue weighted by atomic mass is 9.87. The Labute approximate surface area is 220 Å². The number of nitrogen functional groups attached to an aromatic ring is 2. The summed E-state index contributed by atoms with van der Waals surface area (Å²) in [6.07, 6.45) is 12.8. The third-order valence-electron chi connectivity index (χ3n) is 6.54. The largest absolute Gasteiger partial charge is 0.458 e. The molecule has 3 rings (SSSR count). The Morgan fingerprint density at radius 1 is 0.919 bits per heavy atom. The average Bonchev–Trinajstić information content (AvgIpc) is 2.89. The third kappa shape index (κ3) is 10.3. The second-order valence-electron chi connectivity index (χ2n) is 9.70. The molecule has 0 bridgehead atoms. The van der Waals surface area contributed by atoms with E-state index < -0.39 is 5.97 Å². The summed E-state index contributed by atoms with van der Waals surface area (Å²) in [4.78, 5) is 24.6. The molecule has 1 saturated carbocycles. The molecular formula is C30H40N2O5. The SMILES string of the molecule is CCCCCCCOC1CCC(C(=O)Oc2ccc(/C=C/C(=O)OCc3cc(N)cc(N)c3)cc2)CC1. The monoisotopic (exact) mass is 508 g/mol. The molecule has 1 aliphatic rings. The van der Waals surface area contributed by atoms with Crippen molar-refractivity contribution in [3.63, 3.8) is 0 Å². The molecule has 4 N–H and O–H groups in total. The Hall–Kier alpha value is -3.32. The Morgan fingerprint density at radius 2 is 1.59 bits per heavy atom. The van der Waals surface area contributed by atoms with Crippen LogP contribution in [0.5, 0.6) is 5.75 Å². The summed E-state index contributed by atoms with van der Waals surface area (Å²) in [6, 6.07) is 12.1. The van der Waals surface area contributed by atoms with Gasteiger partial charge in [-0.25, -0.2) is 4.79 Å². The molecule has 0 aliphatic heterocycles. The lowest BCUT2D eigenvalue weighted by Gasteiger charge is -2.27. The molecule has 1 aliphatic carbocycles. The molecule has 7 heteroatoms. The van der Waals surface area contributed by atoms with E-state index in [-0.39, 0.29) is 24.6 Å². The Balaban J connectivity index is 1.35. The molecule has 0 atom stereocenters. The van der Waals surface area contributed by atoms with Gasteiger partial charge in [-0.15, -0.1) is 0 Å². The van der Waals surface area contributed by atoms with Gasteiger partial charge in [0, 0.05) is 24.1 Å². The summed E-state index contributed by atoms with van der Waals surface area (Å²) in [6.45, 7) is 3.12. The molecular weight excluding hydrogens is 468 g/mol. The molecule has 0 unspecified atom stereocenters. The number of anilines is 2. The van der Waals surface area contributed by atoms with E-state index in [1.165, 1.54) is 31.8 Å². The van der Waals surface area contributed by atoms with Crippen molar-refractivity contribution in [1.29, 1.82) is 0 Å². The zero-order valence-corrected chi connectivity index (χ0v) is 21.8. The zero-order chi connectivity index (χ0) is 26.5. The van der Waals surface area contributed by atoms with Gasteiger partial charge >= 0.3 is 11.9 Å². The highest BCUT2D eigenvalue weighted by Crippen LogP contribution is 2.28. The minimum absolute atomic E-state index is 0.0837. The van der Waals surface area contributed by atoms with E-state index in [1.807, 2.05) is 0 Å². The first-order valence-electron chi connectivity index (χ1n) is 13.4. The summed E-state index contributed by atoms with van der Waals surface area (Å²) < 4.78 is 16.8. The number of carbonyl (C=O) groups is 2. The van der Waals surface area contributed by atoms with Crippen molar-refractivity contribution in [2.24, 2.45) is 5.92 Å². The fraction of sp³-hybridized carbons (Fsp3) is 0.467. The van der Waals surface area contributed by atoms with E-state index in [1.54, 1.807) is 48.5 Å². The predicted molar refractivity (Wildman–Crippen MR) is 147 cm³/mol. The van der Waals surface area contributed by atoms with Gasteiger partial charge in [0.1, 0.15) is 12.4 Å². The van der Waals surface area contributed by atoms with Crippen LogP contribution >= 0.6 is 0 Å². The topological polar surface area (TPSA) is 114 Å². The molecule has 37 heavy (non-hydrogen) atoms. The van der Waals surface area contributed by atoms with Gasteiger partial charge in [-0.05, 0) is 79.6 Å². The number of hydrogen-bond donors (Lipinski definition) is 2. The van der Waals surface area contributed by atoms with Gasteiger partial charge in [0.15, 0.2) is 0 Å². The predicted octanol–water partition coefficient (Wildman–Crippen LogP) is 6.06. The van der Waals surface area contributed by atoms with E-state index in [4.69, 9.17) is 25.7 Å². The Morgan fingerprint density at radius 3 is 2.27 bits per heavy atom. The van der Waals surface area contributed by atoms with Gasteiger partial charge in [-0.2, -0.15) is 0 Å². The van der Waals surface area contributed by atoms with E-state index >= 15 is 0 Å². The molecule has 2 aromatic carbocycles. The number of carbonyl (C=O) groups excluding carboxylic acids is 2. The maximum Gasteiger partial charge on any atom is 0.331 e. The molecule has 0 amide bonds. The first-order chi connectivity index (χ1) is 17.9. The molecule has 200 valence electrons. The Kier molecular flexibility index (Phi) is 11.5. The van der Waals surface area contributed by atoms with Crippen LogP contribution < -0.4 is 16.2 Å². The van der Waals surface area contributed by atoms with Crippen molar-refractivity contribution in [2.75, 3.05) is 18.1 Å². The van der Waals surface area contributed by atoms with E-state index in [9.17, 15) is 9.59 Å². The summed E-state index contributed by atoms with van der Waals surface area (Å²) in [5.74, 6) is -0.261. The van der Waals surface area contributed by atoms with Crippen molar-refractivity contribution in [3.05, 3.63) is 59.7 Å². The van der Waals surface area contributed by atoms with Gasteiger partial charge in [-0.3, -0.25) is 4.79 Å². The fourth-order valence-corrected chi connectivity index (χ4v) is 4.46. The van der Waals surface area contributed by atoms with Crippen LogP contribution in [-0.2, 0) is 25.7 Å². The number of rotatable bonds is 13. The zero-order valence-electron chi connectivity index (χ0n) is 21.8. The maximum absolute atomic E-state index is 12.6. The van der Waals surface area contributed by atoms with Crippen molar-refractivity contribution in [2.45, 2.75) is 77.4 Å². The van der Waals surface area contributed by atoms with Crippen LogP contribution in [0.3, 0.4) is 0 Å². The first kappa shape index (κ1) is 28.3. The van der Waals surface area contributed by atoms with Crippen LogP contribution in [-0.4, -0.2) is 24.6 Å². The summed E-state index contributed by atoms with van der Waals surface area (Å²) >= 11 is 0. The molecule has 0 heterocycles. The van der Waals surface area contributed by atoms with Gasteiger partial charge in [0.2, 0.25) is 0 Å². The van der Waals surface area contributed by atoms with Crippen molar-refractivity contribution < 1.29 is 23.8 Å². The lowest BCUT2D eigenvalue weighted by Crippen LogP contribution is -2.29. The highest BCUT2D eigenvalue weighted by Gasteiger charge is 2.28. The van der Waals surface area contributed by atoms with Crippen LogP contribution in [0.1, 0.15) is 75.8 Å². The van der Waals surface area contributed by atoms with Crippen LogP contribution in [0.2, 0.25) is 0 Å². The van der Waals surface area contributed by atoms with Crippen molar-refractivity contribution >= 4 is 29.4 Å². The number of unbranched alkanes of at least 4 members (excludes halogenated alkanes) is 4. The van der Waals surface area contributed by atoms with Gasteiger partial charge in [-0.1, -0.05) is 44.7 Å². The van der Waals surface area contributed by atoms with Crippen molar-refractivity contribution in [1.82, 2.24) is 0 Å². The van der Waals surface area contributed by atoms with E-state index in [0.717, 1.165) is 49.8 Å². The van der Waals surface area contributed by atoms with E-state index in [2.05, 4.69) is 6.92 Å². The number of benzene rings is 2. The minimum Gasteiger partial charge on any atom is -0.458 e. The molecule has 0 radical (unpaired) electrons. The van der Waals surface area contributed by atoms with Gasteiger partial charge < -0.3 is 25.7 Å². The number of ether oxygens (including phenoxy) is 3. The minimum atomic E-state index is -0.479. The summed E-state index contributed by atoms with van der Waals surface area (Å²) in [5, 5.41) is 0. The number of hydrogen-bond acceptors (Lipinski definition) is 7. The number of esters is 2. The molecule has 0 aromatic heterocycles. The average molecular weight is 509 g/mol. The highest BCUT2D eigenvalue weighted by molar-refractivity contribution is 5.87. The lowest BCUT2D eigenvalue weighted by molar-refractivity contribution is -0.141. The molecule has 0 saturated heterocycles. The second kappa shape index (κ2) is 15.1. The second-order valence-corrected chi connectivity index (χ2v) is 9.70. The van der Waals surface area contributed by atoms with Crippen LogP contribution in [0.25, 0.3) is 6.08 Å². The summed E-state index contributed by atoms with van der Waals surface area (Å²) in [5.41, 5.74) is 14.1. The maximum atomic E-state index is 12.6. The molecule has 0 spiro atoms. The highest BCUT2D eigenvalue weighted by atomic mass is 16.5. The Bertz CT molecular complexity index is 1010. The van der Waals surface area contributed by atoms with Gasteiger partial charge in [0.05, 0.1) is 12.0 Å². The smallest absolute Gasteiger partial charge is 0.331 e. The number of nitrogens with two attached hydrogens (primary N) is 2. The van der Waals surface area contributed by atoms with Crippen LogP contribution in [0.4, 0.5) is 11.4 Å². The normalized spacial score (nSPS) is 17.5. The quantitative estimate of drug-likeness (QED) is 0.111. The van der Waals surface area contributed by atoms with Crippen molar-refractivity contribution in [3.8, 4) is 5.75 Å². The van der Waals surface area contributed by atoms with E-state index in [0.29, 0.717) is 17.1 Å². The molecule has 2 aromatic rings. The van der Waals surface area contributed by atoms with Crippen LogP contribution in [0, 0.1) is 5.92 Å². The van der Waals surface area contributed by atoms with Gasteiger partial charge in [0.25, 0.3) is 0 Å². The standard InChI is InChI=1S/C30H40N2O5/c1-2-3-4-5-6-17-35-27-14-10-24(11-15-27)30(34)37-28-12-7-22(8-13-28)9-16-29(33)36-21-23-18-25(31)20-26(32)19-23/h7-9,12-13,16,18-20,24,27H,2-6,10-11,14-15,17,21,31-32H2,1H3/b16-9+. The first-order valence-corrected chi connectivity index (χ1v) is 13.4. The van der Waals surface area contributed by atoms with Crippen LogP contribution in [0.15, 0.2) is 48.5 Å².